The van der Waals surface area contributed by atoms with Gasteiger partial charge in [0.2, 0.25) is 0 Å². The maximum absolute atomic E-state index is 6.83. The molecule has 0 saturated heterocycles. The smallest absolute Gasteiger partial charge is 0.0787 e. The number of benzene rings is 3. The van der Waals surface area contributed by atoms with Crippen LogP contribution in [0.3, 0.4) is 0 Å². The molecule has 1 nitrogen and oxygen atoms in total. The van der Waals surface area contributed by atoms with Crippen LogP contribution in [-0.2, 0) is 5.41 Å². The lowest BCUT2D eigenvalue weighted by Gasteiger charge is -2.42. The van der Waals surface area contributed by atoms with E-state index >= 15 is 0 Å². The first-order valence-corrected chi connectivity index (χ1v) is 16.9. The minimum absolute atomic E-state index is 0.429. The summed E-state index contributed by atoms with van der Waals surface area (Å²) in [5.74, 6) is 0. The Hall–Kier alpha value is -1.51. The summed E-state index contributed by atoms with van der Waals surface area (Å²) >= 11 is 20.5. The van der Waals surface area contributed by atoms with Crippen LogP contribution in [0, 0.1) is 20.8 Å². The molecule has 3 aromatic rings. The molecule has 0 heterocycles. The number of hydrogen-bond acceptors (Lipinski definition) is 0. The van der Waals surface area contributed by atoms with E-state index in [-0.39, 0.29) is 0 Å². The molecular formula is C37H51Cl3N+. The first kappa shape index (κ1) is 34.0. The van der Waals surface area contributed by atoms with E-state index in [1.807, 2.05) is 0 Å². The molecule has 0 bridgehead atoms. The molecule has 3 rings (SSSR count). The highest BCUT2D eigenvalue weighted by molar-refractivity contribution is 6.32. The summed E-state index contributed by atoms with van der Waals surface area (Å²) < 4.78 is 1.23. The molecule has 3 aromatic carbocycles. The van der Waals surface area contributed by atoms with E-state index in [4.69, 9.17) is 34.8 Å². The Kier molecular flexibility index (Phi) is 13.1. The molecule has 0 saturated carbocycles. The minimum atomic E-state index is -0.429. The Morgan fingerprint density at radius 1 is 0.512 bits per heavy atom. The maximum atomic E-state index is 6.83. The molecule has 224 valence electrons. The predicted octanol–water partition coefficient (Wildman–Crippen LogP) is 11.9. The number of halogens is 3. The van der Waals surface area contributed by atoms with Crippen LogP contribution in [0.5, 0.6) is 0 Å². The second-order valence-corrected chi connectivity index (χ2v) is 13.4. The molecule has 0 fully saturated rings. The summed E-state index contributed by atoms with van der Waals surface area (Å²) in [7, 11) is 0. The number of rotatable bonds is 16. The van der Waals surface area contributed by atoms with Gasteiger partial charge in [-0.25, -0.2) is 0 Å². The quantitative estimate of drug-likeness (QED) is 0.111. The molecule has 0 atom stereocenters. The van der Waals surface area contributed by atoms with Crippen LogP contribution < -0.4 is 0 Å². The number of hydrogen-bond donors (Lipinski definition) is 0. The van der Waals surface area contributed by atoms with Gasteiger partial charge in [-0.05, 0) is 104 Å². The Bertz CT molecular complexity index is 1120. The van der Waals surface area contributed by atoms with Crippen LogP contribution in [0.4, 0.5) is 0 Å². The van der Waals surface area contributed by atoms with Crippen LogP contribution in [0.1, 0.15) is 106 Å². The van der Waals surface area contributed by atoms with E-state index in [0.29, 0.717) is 0 Å². The van der Waals surface area contributed by atoms with Crippen molar-refractivity contribution in [3.05, 3.63) is 103 Å². The van der Waals surface area contributed by atoms with Gasteiger partial charge >= 0.3 is 0 Å². The summed E-state index contributed by atoms with van der Waals surface area (Å²) in [5.41, 5.74) is 6.42. The van der Waals surface area contributed by atoms with Crippen molar-refractivity contribution in [2.75, 3.05) is 26.2 Å². The number of nitrogens with zero attached hydrogens (tertiary/aromatic N) is 1. The van der Waals surface area contributed by atoms with Crippen LogP contribution in [0.15, 0.2) is 54.6 Å². The molecule has 0 aliphatic rings. The van der Waals surface area contributed by atoms with Crippen molar-refractivity contribution in [3.8, 4) is 0 Å². The monoisotopic (exact) mass is 614 g/mol. The van der Waals surface area contributed by atoms with Gasteiger partial charge in [0.05, 0.1) is 26.2 Å². The van der Waals surface area contributed by atoms with E-state index in [2.05, 4.69) is 96.1 Å². The molecule has 41 heavy (non-hydrogen) atoms. The maximum Gasteiger partial charge on any atom is 0.0787 e. The first-order chi connectivity index (χ1) is 19.6. The van der Waals surface area contributed by atoms with E-state index in [9.17, 15) is 0 Å². The van der Waals surface area contributed by atoms with Crippen molar-refractivity contribution in [1.82, 2.24) is 0 Å². The lowest BCUT2D eigenvalue weighted by atomic mass is 9.66. The third-order valence-electron chi connectivity index (χ3n) is 9.14. The molecule has 0 amide bonds. The third-order valence-corrected chi connectivity index (χ3v) is 10.4. The van der Waals surface area contributed by atoms with Crippen LogP contribution in [-0.4, -0.2) is 30.7 Å². The average molecular weight is 616 g/mol. The second kappa shape index (κ2) is 15.8. The predicted molar refractivity (Wildman–Crippen MR) is 182 cm³/mol. The van der Waals surface area contributed by atoms with Crippen molar-refractivity contribution in [3.63, 3.8) is 0 Å². The van der Waals surface area contributed by atoms with Gasteiger partial charge in [-0.15, -0.1) is 0 Å². The van der Waals surface area contributed by atoms with Crippen molar-refractivity contribution in [2.24, 2.45) is 0 Å². The van der Waals surface area contributed by atoms with E-state index in [1.54, 1.807) is 0 Å². The van der Waals surface area contributed by atoms with Gasteiger partial charge in [-0.3, -0.25) is 0 Å². The van der Waals surface area contributed by atoms with E-state index < -0.39 is 5.41 Å². The summed E-state index contributed by atoms with van der Waals surface area (Å²) in [6, 6.07) is 19.8. The number of unbranched alkanes of at least 4 members (excludes halogenated alkanes) is 3. The molecule has 0 aliphatic heterocycles. The lowest BCUT2D eigenvalue weighted by Crippen LogP contribution is -2.51. The molecule has 0 spiro atoms. The van der Waals surface area contributed by atoms with Gasteiger partial charge in [0.1, 0.15) is 0 Å². The molecule has 0 radical (unpaired) electrons. The Morgan fingerprint density at radius 3 is 1.12 bits per heavy atom. The van der Waals surface area contributed by atoms with Gasteiger partial charge in [-0.2, -0.15) is 0 Å². The van der Waals surface area contributed by atoms with Crippen molar-refractivity contribution in [1.29, 1.82) is 0 Å². The molecule has 0 unspecified atom stereocenters. The van der Waals surface area contributed by atoms with Crippen LogP contribution >= 0.6 is 34.8 Å². The molecule has 0 N–H and O–H groups in total. The molecule has 4 heteroatoms. The zero-order valence-electron chi connectivity index (χ0n) is 26.3. The SMILES string of the molecule is CCCC[N+](CCCC)(CCCC)CCCC(c1ccc(C)c(Cl)c1)(c1ccc(C)c(Cl)c1)c1ccc(C)c(Cl)c1. The van der Waals surface area contributed by atoms with Crippen molar-refractivity contribution in [2.45, 2.75) is 98.3 Å². The topological polar surface area (TPSA) is 0 Å². The highest BCUT2D eigenvalue weighted by Crippen LogP contribution is 2.46. The Labute approximate surface area is 265 Å². The number of quaternary nitrogens is 1. The lowest BCUT2D eigenvalue weighted by molar-refractivity contribution is -0.929. The van der Waals surface area contributed by atoms with Crippen molar-refractivity contribution < 1.29 is 4.48 Å². The minimum Gasteiger partial charge on any atom is -0.324 e. The normalized spacial score (nSPS) is 12.2. The standard InChI is InChI=1S/C37H51Cl3N/c1-7-10-21-41(22-11-8-2,23-12-9-3)24-13-20-37(31-17-14-28(4)34(38)25-31,32-18-15-29(5)35(39)26-32)33-19-16-30(6)36(40)27-33/h14-19,25-27H,7-13,20-24H2,1-6H3/q+1. The summed E-state index contributed by atoms with van der Waals surface area (Å²) in [6.07, 6.45) is 9.64. The first-order valence-electron chi connectivity index (χ1n) is 15.8. The fraction of sp³-hybridized carbons (Fsp3) is 0.514. The second-order valence-electron chi connectivity index (χ2n) is 12.2. The van der Waals surface area contributed by atoms with Gasteiger partial charge in [0, 0.05) is 20.5 Å². The Morgan fingerprint density at radius 2 is 0.829 bits per heavy atom. The Balaban J connectivity index is 2.20. The number of aryl methyl sites for hydroxylation is 3. The van der Waals surface area contributed by atoms with Gasteiger partial charge in [0.15, 0.2) is 0 Å². The van der Waals surface area contributed by atoms with Crippen molar-refractivity contribution >= 4 is 34.8 Å². The highest BCUT2D eigenvalue weighted by Gasteiger charge is 2.38. The van der Waals surface area contributed by atoms with Gasteiger partial charge in [-0.1, -0.05) is 111 Å². The summed E-state index contributed by atoms with van der Waals surface area (Å²) in [6.45, 7) is 18.2. The highest BCUT2D eigenvalue weighted by atomic mass is 35.5. The summed E-state index contributed by atoms with van der Waals surface area (Å²) in [5, 5.41) is 2.38. The van der Waals surface area contributed by atoms with E-state index in [1.165, 1.54) is 85.9 Å². The average Bonchev–Trinajstić information content (AvgIpc) is 2.96. The zero-order valence-corrected chi connectivity index (χ0v) is 28.5. The molecule has 0 aromatic heterocycles. The largest absolute Gasteiger partial charge is 0.324 e. The third kappa shape index (κ3) is 8.32. The molecular weight excluding hydrogens is 565 g/mol. The van der Waals surface area contributed by atoms with Gasteiger partial charge < -0.3 is 4.48 Å². The van der Waals surface area contributed by atoms with E-state index in [0.717, 1.165) is 44.6 Å². The zero-order chi connectivity index (χ0) is 30.0. The van der Waals surface area contributed by atoms with Gasteiger partial charge in [0.25, 0.3) is 0 Å². The fourth-order valence-electron chi connectivity index (χ4n) is 6.34. The molecule has 0 aliphatic carbocycles. The fourth-order valence-corrected chi connectivity index (χ4v) is 6.88. The summed E-state index contributed by atoms with van der Waals surface area (Å²) in [4.78, 5) is 0. The van der Waals surface area contributed by atoms with Crippen LogP contribution in [0.25, 0.3) is 0 Å². The van der Waals surface area contributed by atoms with Crippen LogP contribution in [0.2, 0.25) is 15.1 Å².